The van der Waals surface area contributed by atoms with Crippen molar-refractivity contribution in [2.75, 3.05) is 68.8 Å². The lowest BCUT2D eigenvalue weighted by Crippen LogP contribution is -2.49. The lowest BCUT2D eigenvalue weighted by atomic mass is 10.0. The summed E-state index contributed by atoms with van der Waals surface area (Å²) in [6.07, 6.45) is 2.35. The van der Waals surface area contributed by atoms with E-state index >= 15 is 0 Å². The van der Waals surface area contributed by atoms with Crippen molar-refractivity contribution in [3.8, 4) is 6.01 Å². The third-order valence-corrected chi connectivity index (χ3v) is 9.19. The topological polar surface area (TPSA) is 94.5 Å². The van der Waals surface area contributed by atoms with E-state index in [2.05, 4.69) is 39.0 Å². The molecule has 11 heteroatoms. The number of anilines is 2. The summed E-state index contributed by atoms with van der Waals surface area (Å²) in [5.41, 5.74) is 3.17. The molecule has 4 aliphatic heterocycles. The predicted octanol–water partition coefficient (Wildman–Crippen LogP) is 3.89. The van der Waals surface area contributed by atoms with Crippen LogP contribution in [-0.2, 0) is 17.7 Å². The largest absolute Gasteiger partial charge is 0.465 e. The summed E-state index contributed by atoms with van der Waals surface area (Å²) in [6, 6.07) is 13.2. The molecule has 10 nitrogen and oxygen atoms in total. The van der Waals surface area contributed by atoms with E-state index in [0.29, 0.717) is 57.5 Å². The predicted molar refractivity (Wildman–Crippen MR) is 157 cm³/mol. The molecule has 1 amide bonds. The normalized spacial score (nSPS) is 22.4. The van der Waals surface area contributed by atoms with Crippen LogP contribution in [0, 0.1) is 0 Å². The molecule has 5 heterocycles. The van der Waals surface area contributed by atoms with E-state index in [1.165, 1.54) is 4.90 Å². The fourth-order valence-electron chi connectivity index (χ4n) is 6.75. The van der Waals surface area contributed by atoms with E-state index in [0.717, 1.165) is 84.1 Å². The lowest BCUT2D eigenvalue weighted by molar-refractivity contribution is 0.0287. The molecule has 216 valence electrons. The van der Waals surface area contributed by atoms with Gasteiger partial charge in [0.2, 0.25) is 0 Å². The van der Waals surface area contributed by atoms with Gasteiger partial charge in [0, 0.05) is 68.5 Å². The van der Waals surface area contributed by atoms with Crippen LogP contribution in [0.25, 0.3) is 10.8 Å². The summed E-state index contributed by atoms with van der Waals surface area (Å²) < 4.78 is 11.9. The molecule has 1 N–H and O–H groups in total. The number of nitrogens with zero attached hydrogens (tertiary/aromatic N) is 6. The highest BCUT2D eigenvalue weighted by molar-refractivity contribution is 6.36. The third kappa shape index (κ3) is 5.24. The van der Waals surface area contributed by atoms with Crippen LogP contribution >= 0.6 is 11.6 Å². The van der Waals surface area contributed by atoms with Gasteiger partial charge in [0.25, 0.3) is 0 Å². The molecule has 0 radical (unpaired) electrons. The molecule has 7 rings (SSSR count). The molecule has 41 heavy (non-hydrogen) atoms. The van der Waals surface area contributed by atoms with Crippen molar-refractivity contribution in [2.45, 2.75) is 38.0 Å². The van der Waals surface area contributed by atoms with Crippen LogP contribution < -0.4 is 14.5 Å². The van der Waals surface area contributed by atoms with Crippen LogP contribution in [0.3, 0.4) is 0 Å². The summed E-state index contributed by atoms with van der Waals surface area (Å²) in [7, 11) is 0. The maximum absolute atomic E-state index is 11.5. The summed E-state index contributed by atoms with van der Waals surface area (Å²) in [5.74, 6) is 0.875. The number of carboxylic acid groups (broad SMARTS) is 1. The van der Waals surface area contributed by atoms with Crippen molar-refractivity contribution >= 4 is 40.0 Å². The molecule has 0 spiro atoms. The van der Waals surface area contributed by atoms with Gasteiger partial charge < -0.3 is 29.3 Å². The van der Waals surface area contributed by atoms with E-state index < -0.39 is 6.09 Å². The van der Waals surface area contributed by atoms with Gasteiger partial charge in [-0.1, -0.05) is 35.9 Å². The fraction of sp³-hybridized carbons (Fsp3) is 0.500. The minimum atomic E-state index is -0.874. The molecule has 3 saturated heterocycles. The van der Waals surface area contributed by atoms with Crippen LogP contribution in [0.5, 0.6) is 6.01 Å². The molecule has 2 atom stereocenters. The van der Waals surface area contributed by atoms with Crippen LogP contribution in [0.1, 0.15) is 24.1 Å². The molecule has 0 aliphatic carbocycles. The highest BCUT2D eigenvalue weighted by Gasteiger charge is 2.38. The van der Waals surface area contributed by atoms with Gasteiger partial charge in [-0.15, -0.1) is 0 Å². The Balaban J connectivity index is 1.13. The van der Waals surface area contributed by atoms with Crippen molar-refractivity contribution in [1.82, 2.24) is 19.8 Å². The Morgan fingerprint density at radius 3 is 2.66 bits per heavy atom. The Morgan fingerprint density at radius 2 is 1.90 bits per heavy atom. The van der Waals surface area contributed by atoms with Gasteiger partial charge in [-0.25, -0.2) is 4.79 Å². The number of rotatable bonds is 7. The summed E-state index contributed by atoms with van der Waals surface area (Å²) in [5, 5.41) is 12.3. The monoisotopic (exact) mass is 578 g/mol. The molecule has 3 aromatic rings. The number of halogens is 1. The Labute approximate surface area is 244 Å². The second-order valence-electron chi connectivity index (χ2n) is 11.3. The van der Waals surface area contributed by atoms with Crippen LogP contribution in [0.2, 0.25) is 5.02 Å². The Hall–Kier alpha value is -3.34. The zero-order chi connectivity index (χ0) is 27.9. The maximum atomic E-state index is 11.5. The number of fused-ring (bicyclic) bond motifs is 4. The molecule has 2 aromatic carbocycles. The first-order valence-corrected chi connectivity index (χ1v) is 14.9. The smallest absolute Gasteiger partial charge is 0.407 e. The van der Waals surface area contributed by atoms with Gasteiger partial charge in [0.1, 0.15) is 5.82 Å². The fourth-order valence-corrected chi connectivity index (χ4v) is 7.03. The van der Waals surface area contributed by atoms with E-state index in [4.69, 9.17) is 31.0 Å². The SMILES string of the molecule is O=C(O)N1CCN(c2nc(OCCCN3C[C@@H]4C[C@H]3CO4)nc3c2CCN(c2cccc4cccc(Cl)c24)C3)CC1. The highest BCUT2D eigenvalue weighted by Crippen LogP contribution is 2.37. The first-order valence-electron chi connectivity index (χ1n) is 14.6. The van der Waals surface area contributed by atoms with E-state index in [9.17, 15) is 9.90 Å². The molecule has 4 aliphatic rings. The zero-order valence-electron chi connectivity index (χ0n) is 23.0. The second-order valence-corrected chi connectivity index (χ2v) is 11.7. The van der Waals surface area contributed by atoms with Crippen molar-refractivity contribution in [3.63, 3.8) is 0 Å². The number of morpholine rings is 1. The van der Waals surface area contributed by atoms with E-state index in [-0.39, 0.29) is 0 Å². The van der Waals surface area contributed by atoms with Gasteiger partial charge in [-0.2, -0.15) is 9.97 Å². The summed E-state index contributed by atoms with van der Waals surface area (Å²) in [4.78, 5) is 29.8. The number of hydrogen-bond acceptors (Lipinski definition) is 8. The number of benzene rings is 2. The van der Waals surface area contributed by atoms with Gasteiger partial charge >= 0.3 is 12.1 Å². The second kappa shape index (κ2) is 11.2. The highest BCUT2D eigenvalue weighted by atomic mass is 35.5. The average Bonchev–Trinajstić information content (AvgIpc) is 3.62. The molecule has 0 saturated carbocycles. The summed E-state index contributed by atoms with van der Waals surface area (Å²) >= 11 is 6.67. The quantitative estimate of drug-likeness (QED) is 0.419. The van der Waals surface area contributed by atoms with Crippen molar-refractivity contribution < 1.29 is 19.4 Å². The number of hydrogen-bond donors (Lipinski definition) is 1. The Morgan fingerprint density at radius 1 is 1.07 bits per heavy atom. The molecule has 1 aromatic heterocycles. The summed E-state index contributed by atoms with van der Waals surface area (Å²) in [6.45, 7) is 6.91. The lowest BCUT2D eigenvalue weighted by Gasteiger charge is -2.37. The van der Waals surface area contributed by atoms with Crippen LogP contribution in [0.15, 0.2) is 36.4 Å². The number of likely N-dealkylation sites (tertiary alicyclic amines) is 1. The van der Waals surface area contributed by atoms with Gasteiger partial charge in [-0.05, 0) is 36.8 Å². The van der Waals surface area contributed by atoms with Crippen molar-refractivity contribution in [1.29, 1.82) is 0 Å². The molecule has 0 unspecified atom stereocenters. The average molecular weight is 579 g/mol. The van der Waals surface area contributed by atoms with Gasteiger partial charge in [-0.3, -0.25) is 4.90 Å². The molecular formula is C30H35ClN6O4. The van der Waals surface area contributed by atoms with Gasteiger partial charge in [0.15, 0.2) is 0 Å². The Kier molecular flexibility index (Phi) is 7.22. The van der Waals surface area contributed by atoms with E-state index in [1.54, 1.807) is 0 Å². The number of aromatic nitrogens is 2. The third-order valence-electron chi connectivity index (χ3n) is 8.88. The molecule has 3 fully saturated rings. The number of piperazine rings is 1. The van der Waals surface area contributed by atoms with Crippen molar-refractivity contribution in [2.24, 2.45) is 0 Å². The van der Waals surface area contributed by atoms with Crippen LogP contribution in [0.4, 0.5) is 16.3 Å². The molecular weight excluding hydrogens is 544 g/mol. The van der Waals surface area contributed by atoms with Crippen molar-refractivity contribution in [3.05, 3.63) is 52.7 Å². The first kappa shape index (κ1) is 26.6. The minimum absolute atomic E-state index is 0.392. The standard InChI is InChI=1S/C30H35ClN6O4/c31-24-6-1-4-20-5-2-7-26(27(20)24)37-10-8-23-25(18-37)32-29(33-28(23)34-11-13-35(14-12-34)30(38)39)40-15-3-9-36-17-22-16-21(36)19-41-22/h1-2,4-7,21-22H,3,8-19H2,(H,38,39)/t21-,22-/m0/s1. The number of amides is 1. The Bertz CT molecular complexity index is 1440. The first-order chi connectivity index (χ1) is 20.0. The van der Waals surface area contributed by atoms with Gasteiger partial charge in [0.05, 0.1) is 36.6 Å². The van der Waals surface area contributed by atoms with E-state index in [1.807, 2.05) is 12.1 Å². The number of ether oxygens (including phenoxy) is 2. The van der Waals surface area contributed by atoms with Crippen LogP contribution in [-0.4, -0.2) is 102 Å². The minimum Gasteiger partial charge on any atom is -0.465 e. The number of carbonyl (C=O) groups is 1. The zero-order valence-corrected chi connectivity index (χ0v) is 23.8. The maximum Gasteiger partial charge on any atom is 0.407 e. The molecule has 2 bridgehead atoms.